The summed E-state index contributed by atoms with van der Waals surface area (Å²) in [5, 5.41) is 11.7. The molecule has 0 spiro atoms. The number of nitro groups is 1. The molecule has 0 saturated carbocycles. The number of carbonyl (C=O) groups excluding carboxylic acids is 1. The molecule has 2 aromatic heterocycles. The average Bonchev–Trinajstić information content (AvgIpc) is 2.99. The van der Waals surface area contributed by atoms with Crippen molar-refractivity contribution in [1.29, 1.82) is 0 Å². The van der Waals surface area contributed by atoms with Crippen molar-refractivity contribution in [3.63, 3.8) is 0 Å². The molecule has 7 nitrogen and oxygen atoms in total. The fraction of sp³-hybridized carbons (Fsp3) is 0.125. The van der Waals surface area contributed by atoms with Crippen LogP contribution in [0.1, 0.15) is 16.8 Å². The maximum atomic E-state index is 12.3. The molecule has 0 bridgehead atoms. The molecular formula is C16H13N3O4. The predicted octanol–water partition coefficient (Wildman–Crippen LogP) is 3.12. The number of ether oxygens (including phenoxy) is 1. The van der Waals surface area contributed by atoms with E-state index in [0.717, 1.165) is 10.9 Å². The summed E-state index contributed by atoms with van der Waals surface area (Å²) < 4.78 is 5.30. The summed E-state index contributed by atoms with van der Waals surface area (Å²) in [6.45, 7) is 0.0240. The highest BCUT2D eigenvalue weighted by molar-refractivity contribution is 6.07. The molecule has 0 aliphatic heterocycles. The van der Waals surface area contributed by atoms with Crippen LogP contribution in [0.5, 0.6) is 5.88 Å². The number of aromatic nitrogens is 2. The summed E-state index contributed by atoms with van der Waals surface area (Å²) in [7, 11) is 0. The minimum Gasteiger partial charge on any atom is -0.472 e. The van der Waals surface area contributed by atoms with Gasteiger partial charge in [-0.05, 0) is 12.1 Å². The topological polar surface area (TPSA) is 98.1 Å². The van der Waals surface area contributed by atoms with Crippen LogP contribution in [0.4, 0.5) is 5.69 Å². The number of hydrogen-bond donors (Lipinski definition) is 1. The highest BCUT2D eigenvalue weighted by Crippen LogP contribution is 2.23. The van der Waals surface area contributed by atoms with Gasteiger partial charge in [-0.1, -0.05) is 18.2 Å². The molecule has 0 saturated heterocycles. The molecule has 0 amide bonds. The number of nitrogens with one attached hydrogen (secondary N) is 1. The number of aromatic amines is 1. The summed E-state index contributed by atoms with van der Waals surface area (Å²) in [6, 6.07) is 10.3. The van der Waals surface area contributed by atoms with E-state index in [1.54, 1.807) is 6.20 Å². The highest BCUT2D eigenvalue weighted by Gasteiger charge is 2.17. The van der Waals surface area contributed by atoms with Crippen molar-refractivity contribution in [2.24, 2.45) is 0 Å². The first-order chi connectivity index (χ1) is 11.2. The average molecular weight is 311 g/mol. The number of para-hydroxylation sites is 1. The van der Waals surface area contributed by atoms with Crippen molar-refractivity contribution in [2.45, 2.75) is 6.42 Å². The Kier molecular flexibility index (Phi) is 4.01. The third-order valence-corrected chi connectivity index (χ3v) is 3.41. The fourth-order valence-corrected chi connectivity index (χ4v) is 2.31. The van der Waals surface area contributed by atoms with Gasteiger partial charge in [0.15, 0.2) is 5.78 Å². The SMILES string of the molecule is O=C(CCOc1ncccc1[N+](=O)[O-])c1c[nH]c2ccccc12. The smallest absolute Gasteiger partial charge is 0.330 e. The third-order valence-electron chi connectivity index (χ3n) is 3.41. The molecule has 0 aliphatic rings. The van der Waals surface area contributed by atoms with Gasteiger partial charge in [0.05, 0.1) is 11.5 Å². The Morgan fingerprint density at radius 1 is 1.26 bits per heavy atom. The number of hydrogen-bond acceptors (Lipinski definition) is 5. The van der Waals surface area contributed by atoms with Crippen LogP contribution in [0.15, 0.2) is 48.8 Å². The van der Waals surface area contributed by atoms with Crippen molar-refractivity contribution in [3.8, 4) is 5.88 Å². The molecule has 3 rings (SSSR count). The quantitative estimate of drug-likeness (QED) is 0.428. The van der Waals surface area contributed by atoms with Gasteiger partial charge in [-0.3, -0.25) is 14.9 Å². The molecule has 23 heavy (non-hydrogen) atoms. The second kappa shape index (κ2) is 6.27. The van der Waals surface area contributed by atoms with Crippen LogP contribution in [-0.2, 0) is 0 Å². The summed E-state index contributed by atoms with van der Waals surface area (Å²) in [5.74, 6) is -0.176. The lowest BCUT2D eigenvalue weighted by atomic mass is 10.1. The summed E-state index contributed by atoms with van der Waals surface area (Å²) in [4.78, 5) is 29.4. The lowest BCUT2D eigenvalue weighted by Gasteiger charge is -2.04. The molecule has 0 fully saturated rings. The molecule has 116 valence electrons. The van der Waals surface area contributed by atoms with E-state index in [-0.39, 0.29) is 30.4 Å². The van der Waals surface area contributed by atoms with E-state index < -0.39 is 4.92 Å². The number of Topliss-reactive ketones (excluding diaryl/α,β-unsaturated/α-hetero) is 1. The van der Waals surface area contributed by atoms with E-state index in [4.69, 9.17) is 4.74 Å². The molecule has 7 heteroatoms. The summed E-state index contributed by atoms with van der Waals surface area (Å²) in [5.41, 5.74) is 1.25. The lowest BCUT2D eigenvalue weighted by molar-refractivity contribution is -0.386. The van der Waals surface area contributed by atoms with E-state index in [0.29, 0.717) is 5.56 Å². The number of rotatable bonds is 6. The monoisotopic (exact) mass is 311 g/mol. The van der Waals surface area contributed by atoms with E-state index in [2.05, 4.69) is 9.97 Å². The standard InChI is InChI=1S/C16H13N3O4/c20-15(12-10-18-13-5-2-1-4-11(12)13)7-9-23-16-14(19(21)22)6-3-8-17-16/h1-6,8,10,18H,7,9H2. The molecule has 0 unspecified atom stereocenters. The molecule has 3 aromatic rings. The van der Waals surface area contributed by atoms with E-state index in [9.17, 15) is 14.9 Å². The Hall–Kier alpha value is -3.22. The first kappa shape index (κ1) is 14.7. The predicted molar refractivity (Wildman–Crippen MR) is 83.6 cm³/mol. The number of nitrogens with zero attached hydrogens (tertiary/aromatic N) is 2. The van der Waals surface area contributed by atoms with Gasteiger partial charge >= 0.3 is 5.69 Å². The number of H-pyrrole nitrogens is 1. The van der Waals surface area contributed by atoms with Gasteiger partial charge in [0, 0.05) is 41.3 Å². The number of benzene rings is 1. The largest absolute Gasteiger partial charge is 0.472 e. The zero-order valence-corrected chi connectivity index (χ0v) is 12.1. The van der Waals surface area contributed by atoms with Crippen LogP contribution >= 0.6 is 0 Å². The minimum atomic E-state index is -0.566. The zero-order chi connectivity index (χ0) is 16.2. The molecule has 1 N–H and O–H groups in total. The van der Waals surface area contributed by atoms with Crippen molar-refractivity contribution in [2.75, 3.05) is 6.61 Å². The zero-order valence-electron chi connectivity index (χ0n) is 12.1. The molecule has 2 heterocycles. The molecule has 0 aliphatic carbocycles. The van der Waals surface area contributed by atoms with Crippen molar-refractivity contribution < 1.29 is 14.5 Å². The fourth-order valence-electron chi connectivity index (χ4n) is 2.31. The Balaban J connectivity index is 1.67. The Morgan fingerprint density at radius 2 is 2.09 bits per heavy atom. The molecule has 0 radical (unpaired) electrons. The number of ketones is 1. The summed E-state index contributed by atoms with van der Waals surface area (Å²) in [6.07, 6.45) is 3.18. The first-order valence-corrected chi connectivity index (χ1v) is 6.98. The maximum Gasteiger partial charge on any atom is 0.330 e. The van der Waals surface area contributed by atoms with Gasteiger partial charge in [0.1, 0.15) is 0 Å². The van der Waals surface area contributed by atoms with Gasteiger partial charge in [-0.15, -0.1) is 0 Å². The van der Waals surface area contributed by atoms with Crippen molar-refractivity contribution in [3.05, 3.63) is 64.5 Å². The second-order valence-corrected chi connectivity index (χ2v) is 4.85. The highest BCUT2D eigenvalue weighted by atomic mass is 16.6. The molecule has 0 atom stereocenters. The van der Waals surface area contributed by atoms with Crippen LogP contribution < -0.4 is 4.74 Å². The van der Waals surface area contributed by atoms with Crippen molar-refractivity contribution in [1.82, 2.24) is 9.97 Å². The van der Waals surface area contributed by atoms with Gasteiger partial charge in [0.25, 0.3) is 5.88 Å². The van der Waals surface area contributed by atoms with Crippen LogP contribution in [0.2, 0.25) is 0 Å². The van der Waals surface area contributed by atoms with Crippen LogP contribution in [0.25, 0.3) is 10.9 Å². The molecular weight excluding hydrogens is 298 g/mol. The van der Waals surface area contributed by atoms with Crippen molar-refractivity contribution >= 4 is 22.4 Å². The maximum absolute atomic E-state index is 12.3. The number of fused-ring (bicyclic) bond motifs is 1. The van der Waals surface area contributed by atoms with Crippen LogP contribution in [0, 0.1) is 10.1 Å². The van der Waals surface area contributed by atoms with Gasteiger partial charge < -0.3 is 9.72 Å². The lowest BCUT2D eigenvalue weighted by Crippen LogP contribution is -2.08. The minimum absolute atomic E-state index is 0.0240. The van der Waals surface area contributed by atoms with Gasteiger partial charge in [-0.25, -0.2) is 4.98 Å². The van der Waals surface area contributed by atoms with E-state index in [1.165, 1.54) is 18.3 Å². The van der Waals surface area contributed by atoms with Gasteiger partial charge in [-0.2, -0.15) is 0 Å². The van der Waals surface area contributed by atoms with Gasteiger partial charge in [0.2, 0.25) is 0 Å². The molecule has 1 aromatic carbocycles. The van der Waals surface area contributed by atoms with Crippen LogP contribution in [0.3, 0.4) is 0 Å². The van der Waals surface area contributed by atoms with E-state index in [1.807, 2.05) is 24.3 Å². The Labute approximate surface area is 131 Å². The Morgan fingerprint density at radius 3 is 2.91 bits per heavy atom. The van der Waals surface area contributed by atoms with E-state index >= 15 is 0 Å². The third kappa shape index (κ3) is 3.03. The Bertz CT molecular complexity index is 872. The number of pyridine rings is 1. The second-order valence-electron chi connectivity index (χ2n) is 4.85. The summed E-state index contributed by atoms with van der Waals surface area (Å²) >= 11 is 0. The van der Waals surface area contributed by atoms with Crippen LogP contribution in [-0.4, -0.2) is 27.3 Å². The normalized spacial score (nSPS) is 10.6. The number of carbonyl (C=O) groups is 1. The first-order valence-electron chi connectivity index (χ1n) is 6.98.